The van der Waals surface area contributed by atoms with Gasteiger partial charge in [0.15, 0.2) is 22.1 Å². The second kappa shape index (κ2) is 8.40. The standard InChI is InChI=1S/C10H15NO7S.O3S/c1-4-11-5-6(12)10(19(14,15)16)9(18-3)7(13)8(5)17-2;1-4(2)3/h11-13H,4H2,1-3H3,(H,14,15,16);. The third kappa shape index (κ3) is 5.15. The molecule has 0 saturated heterocycles. The summed E-state index contributed by atoms with van der Waals surface area (Å²) in [5, 5.41) is 22.5. The molecule has 0 radical (unpaired) electrons. The van der Waals surface area contributed by atoms with E-state index in [0.717, 1.165) is 7.11 Å². The number of ether oxygens (including phenoxy) is 2. The minimum atomic E-state index is -4.80. The molecule has 0 saturated carbocycles. The predicted molar refractivity (Wildman–Crippen MR) is 76.6 cm³/mol. The second-order valence-electron chi connectivity index (χ2n) is 3.68. The van der Waals surface area contributed by atoms with Crippen molar-refractivity contribution in [3.05, 3.63) is 0 Å². The van der Waals surface area contributed by atoms with E-state index in [-0.39, 0.29) is 11.4 Å². The third-order valence-corrected chi connectivity index (χ3v) is 3.23. The molecule has 1 aromatic rings. The molecule has 0 aliphatic rings. The van der Waals surface area contributed by atoms with Crippen LogP contribution in [0.5, 0.6) is 23.0 Å². The normalized spacial score (nSPS) is 10.3. The molecule has 0 aliphatic carbocycles. The van der Waals surface area contributed by atoms with Crippen LogP contribution >= 0.6 is 0 Å². The average Bonchev–Trinajstić information content (AvgIpc) is 2.40. The molecule has 0 spiro atoms. The molecule has 0 amide bonds. The number of rotatable bonds is 5. The van der Waals surface area contributed by atoms with E-state index in [4.69, 9.17) is 26.7 Å². The summed E-state index contributed by atoms with van der Waals surface area (Å²) in [6.45, 7) is 2.01. The molecule has 0 aromatic heterocycles. The van der Waals surface area contributed by atoms with E-state index in [1.165, 1.54) is 7.11 Å². The van der Waals surface area contributed by atoms with Crippen molar-refractivity contribution in [2.45, 2.75) is 11.8 Å². The zero-order valence-electron chi connectivity index (χ0n) is 12.2. The van der Waals surface area contributed by atoms with Crippen molar-refractivity contribution in [2.75, 3.05) is 26.1 Å². The second-order valence-corrected chi connectivity index (χ2v) is 5.44. The lowest BCUT2D eigenvalue weighted by atomic mass is 10.2. The van der Waals surface area contributed by atoms with Crippen molar-refractivity contribution in [1.82, 2.24) is 0 Å². The van der Waals surface area contributed by atoms with Gasteiger partial charge >= 0.3 is 20.7 Å². The lowest BCUT2D eigenvalue weighted by molar-refractivity contribution is 0.324. The summed E-state index contributed by atoms with van der Waals surface area (Å²) in [7, 11) is -5.60. The van der Waals surface area contributed by atoms with Gasteiger partial charge in [-0.05, 0) is 6.92 Å². The summed E-state index contributed by atoms with van der Waals surface area (Å²) >= 11 is 0. The zero-order valence-corrected chi connectivity index (χ0v) is 13.9. The predicted octanol–water partition coefficient (Wildman–Crippen LogP) is -0.211. The zero-order chi connectivity index (χ0) is 18.4. The van der Waals surface area contributed by atoms with Crippen molar-refractivity contribution >= 4 is 26.4 Å². The van der Waals surface area contributed by atoms with Crippen LogP contribution in [0.1, 0.15) is 6.92 Å². The van der Waals surface area contributed by atoms with Gasteiger partial charge in [-0.25, -0.2) is 0 Å². The maximum Gasteiger partial charge on any atom is 0.425 e. The number of phenolic OH excluding ortho intramolecular Hbond substituents is 2. The summed E-state index contributed by atoms with van der Waals surface area (Å²) < 4.78 is 66.6. The Morgan fingerprint density at radius 2 is 1.48 bits per heavy atom. The first-order valence-electron chi connectivity index (χ1n) is 5.70. The van der Waals surface area contributed by atoms with Crippen LogP contribution in [0.4, 0.5) is 5.69 Å². The Morgan fingerprint density at radius 1 is 1.04 bits per heavy atom. The van der Waals surface area contributed by atoms with Crippen LogP contribution in [-0.4, -0.2) is 56.6 Å². The van der Waals surface area contributed by atoms with Crippen LogP contribution in [0.25, 0.3) is 0 Å². The fraction of sp³-hybridized carbons (Fsp3) is 0.400. The number of hydrogen-bond donors (Lipinski definition) is 4. The van der Waals surface area contributed by atoms with Gasteiger partial charge in [0.25, 0.3) is 0 Å². The maximum atomic E-state index is 11.3. The molecule has 23 heavy (non-hydrogen) atoms. The number of nitrogens with one attached hydrogen (secondary N) is 1. The summed E-state index contributed by atoms with van der Waals surface area (Å²) in [4.78, 5) is -0.927. The fourth-order valence-corrected chi connectivity index (χ4v) is 2.39. The molecule has 0 bridgehead atoms. The van der Waals surface area contributed by atoms with Gasteiger partial charge in [0.1, 0.15) is 5.69 Å². The molecule has 1 aromatic carbocycles. The van der Waals surface area contributed by atoms with E-state index in [9.17, 15) is 18.6 Å². The van der Waals surface area contributed by atoms with E-state index in [0.29, 0.717) is 6.54 Å². The van der Waals surface area contributed by atoms with E-state index >= 15 is 0 Å². The Balaban J connectivity index is 0.00000108. The van der Waals surface area contributed by atoms with Crippen molar-refractivity contribution in [3.8, 4) is 23.0 Å². The van der Waals surface area contributed by atoms with Gasteiger partial charge in [-0.2, -0.15) is 8.42 Å². The van der Waals surface area contributed by atoms with Gasteiger partial charge in [0.2, 0.25) is 5.75 Å². The van der Waals surface area contributed by atoms with Gasteiger partial charge in [-0.1, -0.05) is 0 Å². The van der Waals surface area contributed by atoms with Gasteiger partial charge < -0.3 is 25.0 Å². The van der Waals surface area contributed by atoms with Crippen molar-refractivity contribution in [3.63, 3.8) is 0 Å². The van der Waals surface area contributed by atoms with Gasteiger partial charge in [0, 0.05) is 6.54 Å². The Bertz CT molecular complexity index is 763. The quantitative estimate of drug-likeness (QED) is 0.305. The fourth-order valence-electron chi connectivity index (χ4n) is 1.63. The third-order valence-electron chi connectivity index (χ3n) is 2.34. The number of benzene rings is 1. The molecule has 4 N–H and O–H groups in total. The molecule has 0 heterocycles. The van der Waals surface area contributed by atoms with Crippen molar-refractivity contribution < 1.29 is 45.3 Å². The van der Waals surface area contributed by atoms with Crippen LogP contribution in [0.2, 0.25) is 0 Å². The molecule has 0 aliphatic heterocycles. The Hall–Kier alpha value is -2.25. The SMILES string of the molecule is CCNc1c(O)c(S(=O)(=O)O)c(OC)c(O)c1OC.O=S(=O)=O. The molecule has 11 nitrogen and oxygen atoms in total. The molecule has 132 valence electrons. The average molecular weight is 373 g/mol. The first-order valence-corrected chi connectivity index (χ1v) is 8.14. The van der Waals surface area contributed by atoms with Crippen molar-refractivity contribution in [1.29, 1.82) is 0 Å². The topological polar surface area (TPSA) is 177 Å². The number of aromatic hydroxyl groups is 2. The number of phenols is 2. The molecule has 13 heteroatoms. The molecule has 1 rings (SSSR count). The number of anilines is 1. The van der Waals surface area contributed by atoms with E-state index in [1.54, 1.807) is 6.92 Å². The number of hydrogen-bond acceptors (Lipinski definition) is 10. The Labute approximate surface area is 133 Å². The van der Waals surface area contributed by atoms with Crippen LogP contribution in [-0.2, 0) is 20.7 Å². The van der Waals surface area contributed by atoms with Crippen LogP contribution < -0.4 is 14.8 Å². The van der Waals surface area contributed by atoms with E-state index in [2.05, 4.69) is 5.32 Å². The Kier molecular flexibility index (Phi) is 7.58. The molecule has 0 fully saturated rings. The van der Waals surface area contributed by atoms with Gasteiger partial charge in [-0.15, -0.1) is 12.6 Å². The first kappa shape index (κ1) is 20.8. The molecule has 0 unspecified atom stereocenters. The van der Waals surface area contributed by atoms with Crippen LogP contribution in [0.15, 0.2) is 4.90 Å². The highest BCUT2D eigenvalue weighted by Gasteiger charge is 2.32. The van der Waals surface area contributed by atoms with Crippen LogP contribution in [0, 0.1) is 0 Å². The maximum absolute atomic E-state index is 11.3. The highest BCUT2D eigenvalue weighted by Crippen LogP contribution is 2.52. The van der Waals surface area contributed by atoms with E-state index < -0.39 is 42.9 Å². The largest absolute Gasteiger partial charge is 0.504 e. The first-order chi connectivity index (χ1) is 10.5. The van der Waals surface area contributed by atoms with E-state index in [1.807, 2.05) is 0 Å². The highest BCUT2D eigenvalue weighted by atomic mass is 32.2. The van der Waals surface area contributed by atoms with Gasteiger partial charge in [0.05, 0.1) is 14.2 Å². The smallest absolute Gasteiger partial charge is 0.425 e. The summed E-state index contributed by atoms with van der Waals surface area (Å²) in [6.07, 6.45) is 0. The van der Waals surface area contributed by atoms with Crippen LogP contribution in [0.3, 0.4) is 0 Å². The monoisotopic (exact) mass is 373 g/mol. The van der Waals surface area contributed by atoms with Crippen molar-refractivity contribution in [2.24, 2.45) is 0 Å². The summed E-state index contributed by atoms with van der Waals surface area (Å²) in [6, 6.07) is 0. The molecular weight excluding hydrogens is 358 g/mol. The lowest BCUT2D eigenvalue weighted by Gasteiger charge is -2.18. The summed E-state index contributed by atoms with van der Waals surface area (Å²) in [5.41, 5.74) is -0.157. The van der Waals surface area contributed by atoms with Gasteiger partial charge in [-0.3, -0.25) is 4.55 Å². The number of methoxy groups -OCH3 is 2. The highest BCUT2D eigenvalue weighted by molar-refractivity contribution is 7.86. The lowest BCUT2D eigenvalue weighted by Crippen LogP contribution is -2.07. The minimum Gasteiger partial charge on any atom is -0.504 e. The molecule has 0 atom stereocenters. The minimum absolute atomic E-state index is 0.157. The summed E-state index contributed by atoms with van der Waals surface area (Å²) in [5.74, 6) is -2.23. The molecular formula is C10H15NO10S2. The Morgan fingerprint density at radius 3 is 1.78 bits per heavy atom.